The van der Waals surface area contributed by atoms with E-state index in [4.69, 9.17) is 4.74 Å². The standard InChI is InChI=1S/C23H22O2.CH4/c1-3-22(20-7-5-4-6-8-20)25-23(24)21-15-13-19(14-16-21)18-11-9-17(2)10-12-18;/h4-16,22H,3H2,1-2H3;1H4. The Bertz CT molecular complexity index is 818. The largest absolute Gasteiger partial charge is 0.454 e. The van der Waals surface area contributed by atoms with Crippen molar-refractivity contribution in [1.82, 2.24) is 0 Å². The van der Waals surface area contributed by atoms with Gasteiger partial charge in [0.05, 0.1) is 5.56 Å². The lowest BCUT2D eigenvalue weighted by atomic mass is 10.0. The molecule has 3 aromatic rings. The maximum absolute atomic E-state index is 12.5. The molecular weight excluding hydrogens is 320 g/mol. The molecule has 2 heteroatoms. The number of benzene rings is 3. The molecule has 0 heterocycles. The summed E-state index contributed by atoms with van der Waals surface area (Å²) < 4.78 is 5.69. The first-order chi connectivity index (χ1) is 12.2. The number of hydrogen-bond acceptors (Lipinski definition) is 2. The minimum atomic E-state index is -0.286. The van der Waals surface area contributed by atoms with Gasteiger partial charge in [-0.3, -0.25) is 0 Å². The van der Waals surface area contributed by atoms with Gasteiger partial charge in [0.2, 0.25) is 0 Å². The zero-order valence-electron chi connectivity index (χ0n) is 14.6. The molecule has 0 spiro atoms. The molecule has 0 aliphatic rings. The Morgan fingerprint density at radius 1 is 0.846 bits per heavy atom. The molecule has 0 aliphatic heterocycles. The van der Waals surface area contributed by atoms with Gasteiger partial charge >= 0.3 is 5.97 Å². The summed E-state index contributed by atoms with van der Waals surface area (Å²) in [4.78, 5) is 12.5. The number of hydrogen-bond donors (Lipinski definition) is 0. The van der Waals surface area contributed by atoms with E-state index in [1.165, 1.54) is 5.56 Å². The Labute approximate surface area is 156 Å². The van der Waals surface area contributed by atoms with Crippen LogP contribution in [0.4, 0.5) is 0 Å². The first-order valence-electron chi connectivity index (χ1n) is 8.60. The third-order valence-corrected chi connectivity index (χ3v) is 4.30. The number of carbonyl (C=O) groups excluding carboxylic acids is 1. The summed E-state index contributed by atoms with van der Waals surface area (Å²) in [7, 11) is 0. The maximum atomic E-state index is 12.5. The molecule has 0 N–H and O–H groups in total. The first-order valence-corrected chi connectivity index (χ1v) is 8.60. The molecular formula is C24H26O2. The van der Waals surface area contributed by atoms with Gasteiger partial charge in [-0.25, -0.2) is 4.79 Å². The number of ether oxygens (including phenoxy) is 1. The summed E-state index contributed by atoms with van der Waals surface area (Å²) in [6.07, 6.45) is 0.530. The molecule has 3 rings (SSSR count). The second-order valence-corrected chi connectivity index (χ2v) is 6.16. The predicted molar refractivity (Wildman–Crippen MR) is 108 cm³/mol. The van der Waals surface area contributed by atoms with Crippen LogP contribution < -0.4 is 0 Å². The van der Waals surface area contributed by atoms with Crippen LogP contribution in [0.15, 0.2) is 78.9 Å². The highest BCUT2D eigenvalue weighted by atomic mass is 16.5. The molecule has 0 saturated heterocycles. The van der Waals surface area contributed by atoms with Gasteiger partial charge in [0.1, 0.15) is 6.10 Å². The van der Waals surface area contributed by atoms with E-state index >= 15 is 0 Å². The van der Waals surface area contributed by atoms with Crippen molar-refractivity contribution >= 4 is 5.97 Å². The highest BCUT2D eigenvalue weighted by Crippen LogP contribution is 2.24. The summed E-state index contributed by atoms with van der Waals surface area (Å²) in [5, 5.41) is 0. The smallest absolute Gasteiger partial charge is 0.338 e. The minimum absolute atomic E-state index is 0. The lowest BCUT2D eigenvalue weighted by molar-refractivity contribution is 0.0288. The molecule has 1 unspecified atom stereocenters. The molecule has 134 valence electrons. The van der Waals surface area contributed by atoms with E-state index in [1.54, 1.807) is 0 Å². The van der Waals surface area contributed by atoms with E-state index < -0.39 is 0 Å². The van der Waals surface area contributed by atoms with Crippen LogP contribution in [0, 0.1) is 6.92 Å². The SMILES string of the molecule is C.CCC(OC(=O)c1ccc(-c2ccc(C)cc2)cc1)c1ccccc1. The van der Waals surface area contributed by atoms with Gasteiger partial charge in [-0.2, -0.15) is 0 Å². The van der Waals surface area contributed by atoms with E-state index in [1.807, 2.05) is 61.5 Å². The zero-order valence-corrected chi connectivity index (χ0v) is 14.6. The topological polar surface area (TPSA) is 26.3 Å². The maximum Gasteiger partial charge on any atom is 0.338 e. The van der Waals surface area contributed by atoms with E-state index in [-0.39, 0.29) is 19.5 Å². The summed E-state index contributed by atoms with van der Waals surface area (Å²) in [5.41, 5.74) is 5.06. The Kier molecular flexibility index (Phi) is 6.74. The Morgan fingerprint density at radius 3 is 1.92 bits per heavy atom. The molecule has 3 aromatic carbocycles. The van der Waals surface area contributed by atoms with Gasteiger partial charge in [-0.05, 0) is 42.2 Å². The highest BCUT2D eigenvalue weighted by Gasteiger charge is 2.16. The lowest BCUT2D eigenvalue weighted by Crippen LogP contribution is -2.11. The average Bonchev–Trinajstić information content (AvgIpc) is 2.67. The third kappa shape index (κ3) is 4.60. The Hall–Kier alpha value is -2.87. The van der Waals surface area contributed by atoms with Crippen molar-refractivity contribution in [3.63, 3.8) is 0 Å². The van der Waals surface area contributed by atoms with Crippen LogP contribution in [0.5, 0.6) is 0 Å². The van der Waals surface area contributed by atoms with Crippen LogP contribution in [-0.4, -0.2) is 5.97 Å². The van der Waals surface area contributed by atoms with Crippen molar-refractivity contribution in [1.29, 1.82) is 0 Å². The second kappa shape index (κ2) is 9.00. The Balaban J connectivity index is 0.00000243. The molecule has 0 amide bonds. The van der Waals surface area contributed by atoms with E-state index in [0.29, 0.717) is 5.56 Å². The van der Waals surface area contributed by atoms with Gasteiger partial charge in [0.25, 0.3) is 0 Å². The molecule has 1 atom stereocenters. The van der Waals surface area contributed by atoms with Crippen LogP contribution in [-0.2, 0) is 4.74 Å². The molecule has 0 saturated carbocycles. The van der Waals surface area contributed by atoms with Crippen LogP contribution in [0.3, 0.4) is 0 Å². The summed E-state index contributed by atoms with van der Waals surface area (Å²) in [6.45, 7) is 4.09. The van der Waals surface area contributed by atoms with Gasteiger partial charge in [0, 0.05) is 0 Å². The molecule has 2 nitrogen and oxygen atoms in total. The zero-order chi connectivity index (χ0) is 17.6. The van der Waals surface area contributed by atoms with Crippen molar-refractivity contribution in [2.75, 3.05) is 0 Å². The van der Waals surface area contributed by atoms with E-state index in [2.05, 4.69) is 31.2 Å². The quantitative estimate of drug-likeness (QED) is 0.486. The highest BCUT2D eigenvalue weighted by molar-refractivity contribution is 5.90. The summed E-state index contributed by atoms with van der Waals surface area (Å²) >= 11 is 0. The molecule has 26 heavy (non-hydrogen) atoms. The molecule has 0 fully saturated rings. The predicted octanol–water partition coefficient (Wildman–Crippen LogP) is 6.61. The number of carbonyl (C=O) groups is 1. The van der Waals surface area contributed by atoms with Crippen LogP contribution in [0.25, 0.3) is 11.1 Å². The molecule has 0 aromatic heterocycles. The monoisotopic (exact) mass is 346 g/mol. The number of esters is 1. The molecule has 0 radical (unpaired) electrons. The molecule has 0 bridgehead atoms. The fourth-order valence-corrected chi connectivity index (χ4v) is 2.80. The van der Waals surface area contributed by atoms with Crippen LogP contribution >= 0.6 is 0 Å². The van der Waals surface area contributed by atoms with Gasteiger partial charge in [-0.15, -0.1) is 0 Å². The summed E-state index contributed by atoms with van der Waals surface area (Å²) in [5.74, 6) is -0.286. The van der Waals surface area contributed by atoms with Crippen molar-refractivity contribution < 1.29 is 9.53 Å². The van der Waals surface area contributed by atoms with E-state index in [9.17, 15) is 4.79 Å². The Morgan fingerprint density at radius 2 is 1.38 bits per heavy atom. The molecule has 0 aliphatic carbocycles. The fraction of sp³-hybridized carbons (Fsp3) is 0.208. The van der Waals surface area contributed by atoms with Crippen molar-refractivity contribution in [3.8, 4) is 11.1 Å². The minimum Gasteiger partial charge on any atom is -0.454 e. The first kappa shape index (κ1) is 19.5. The van der Waals surface area contributed by atoms with Crippen molar-refractivity contribution in [3.05, 3.63) is 95.6 Å². The second-order valence-electron chi connectivity index (χ2n) is 6.16. The van der Waals surface area contributed by atoms with Crippen molar-refractivity contribution in [2.45, 2.75) is 33.8 Å². The number of rotatable bonds is 5. The van der Waals surface area contributed by atoms with Crippen molar-refractivity contribution in [2.24, 2.45) is 0 Å². The third-order valence-electron chi connectivity index (χ3n) is 4.30. The van der Waals surface area contributed by atoms with Gasteiger partial charge in [0.15, 0.2) is 0 Å². The normalized spacial score (nSPS) is 11.3. The van der Waals surface area contributed by atoms with Crippen LogP contribution in [0.1, 0.15) is 48.4 Å². The van der Waals surface area contributed by atoms with Gasteiger partial charge in [-0.1, -0.05) is 86.6 Å². The number of aryl methyl sites for hydroxylation is 1. The lowest BCUT2D eigenvalue weighted by Gasteiger charge is -2.16. The van der Waals surface area contributed by atoms with E-state index in [0.717, 1.165) is 23.1 Å². The van der Waals surface area contributed by atoms with Gasteiger partial charge < -0.3 is 4.74 Å². The van der Waals surface area contributed by atoms with Crippen LogP contribution in [0.2, 0.25) is 0 Å². The summed E-state index contributed by atoms with van der Waals surface area (Å²) in [6, 6.07) is 25.8. The fourth-order valence-electron chi connectivity index (χ4n) is 2.80. The average molecular weight is 346 g/mol.